The number of benzene rings is 1. The molecule has 0 saturated carbocycles. The number of H-pyrrole nitrogens is 1. The first kappa shape index (κ1) is 18.6. The first-order chi connectivity index (χ1) is 11.6. The van der Waals surface area contributed by atoms with Crippen molar-refractivity contribution in [3.05, 3.63) is 39.8 Å². The van der Waals surface area contributed by atoms with Gasteiger partial charge in [0.2, 0.25) is 0 Å². The predicted octanol–water partition coefficient (Wildman–Crippen LogP) is 2.79. The molecule has 0 amide bonds. The maximum atomic E-state index is 11.7. The van der Waals surface area contributed by atoms with Gasteiger partial charge in [-0.15, -0.1) is 5.10 Å². The van der Waals surface area contributed by atoms with Crippen LogP contribution in [0, 0.1) is 13.8 Å². The van der Waals surface area contributed by atoms with Gasteiger partial charge in [-0.2, -0.15) is 0 Å². The van der Waals surface area contributed by atoms with Crippen LogP contribution in [0.4, 0.5) is 0 Å². The lowest BCUT2D eigenvalue weighted by Crippen LogP contribution is -2.18. The third-order valence-electron chi connectivity index (χ3n) is 3.57. The van der Waals surface area contributed by atoms with Crippen molar-refractivity contribution in [3.8, 4) is 5.75 Å². The van der Waals surface area contributed by atoms with Gasteiger partial charge in [-0.05, 0) is 43.9 Å². The number of ether oxygens (including phenoxy) is 2. The Morgan fingerprint density at radius 2 is 2.08 bits per heavy atom. The van der Waals surface area contributed by atoms with Gasteiger partial charge in [-0.1, -0.05) is 23.9 Å². The molecule has 1 aromatic heterocycles. The molecule has 0 fully saturated rings. The van der Waals surface area contributed by atoms with Crippen LogP contribution in [0.2, 0.25) is 0 Å². The second-order valence-electron chi connectivity index (χ2n) is 5.63. The van der Waals surface area contributed by atoms with Crippen LogP contribution in [-0.4, -0.2) is 40.8 Å². The van der Waals surface area contributed by atoms with E-state index >= 15 is 0 Å². The zero-order valence-corrected chi connectivity index (χ0v) is 15.3. The van der Waals surface area contributed by atoms with Crippen molar-refractivity contribution in [2.45, 2.75) is 38.4 Å². The summed E-state index contributed by atoms with van der Waals surface area (Å²) in [5.41, 5.74) is 2.18. The van der Waals surface area contributed by atoms with Gasteiger partial charge in [-0.3, -0.25) is 4.57 Å². The normalized spacial score (nSPS) is 11.0. The largest absolute Gasteiger partial charge is 0.493 e. The zero-order valence-electron chi connectivity index (χ0n) is 14.5. The molecule has 2 aromatic rings. The Hall–Kier alpha value is -1.73. The Kier molecular flexibility index (Phi) is 7.39. The van der Waals surface area contributed by atoms with Crippen molar-refractivity contribution in [1.29, 1.82) is 0 Å². The molecule has 0 bridgehead atoms. The fourth-order valence-electron chi connectivity index (χ4n) is 2.24. The summed E-state index contributed by atoms with van der Waals surface area (Å²) < 4.78 is 12.5. The first-order valence-corrected chi connectivity index (χ1v) is 9.07. The Labute approximate surface area is 146 Å². The molecule has 0 aliphatic carbocycles. The summed E-state index contributed by atoms with van der Waals surface area (Å²) in [6, 6.07) is 6.21. The molecule has 24 heavy (non-hydrogen) atoms. The van der Waals surface area contributed by atoms with Crippen LogP contribution >= 0.6 is 11.8 Å². The maximum absolute atomic E-state index is 11.7. The zero-order chi connectivity index (χ0) is 17.4. The predicted molar refractivity (Wildman–Crippen MR) is 96.1 cm³/mol. The Morgan fingerprint density at radius 1 is 1.25 bits per heavy atom. The molecular weight excluding hydrogens is 326 g/mol. The van der Waals surface area contributed by atoms with Gasteiger partial charge in [0.1, 0.15) is 5.75 Å². The third-order valence-corrected chi connectivity index (χ3v) is 4.64. The number of aromatic nitrogens is 3. The minimum atomic E-state index is -0.166. The minimum absolute atomic E-state index is 0.166. The summed E-state index contributed by atoms with van der Waals surface area (Å²) in [5, 5.41) is 7.32. The lowest BCUT2D eigenvalue weighted by molar-refractivity contribution is 0.189. The molecule has 0 aliphatic rings. The monoisotopic (exact) mass is 351 g/mol. The fourth-order valence-corrected chi connectivity index (χ4v) is 3.13. The summed E-state index contributed by atoms with van der Waals surface area (Å²) in [5.74, 6) is 1.79. The first-order valence-electron chi connectivity index (χ1n) is 8.09. The van der Waals surface area contributed by atoms with Gasteiger partial charge >= 0.3 is 5.69 Å². The molecule has 1 aromatic carbocycles. The van der Waals surface area contributed by atoms with E-state index in [1.165, 1.54) is 5.56 Å². The molecule has 132 valence electrons. The van der Waals surface area contributed by atoms with E-state index in [1.54, 1.807) is 23.4 Å². The molecule has 7 heteroatoms. The van der Waals surface area contributed by atoms with Gasteiger partial charge in [0, 0.05) is 26.0 Å². The number of methoxy groups -OCH3 is 1. The van der Waals surface area contributed by atoms with E-state index in [0.717, 1.165) is 35.1 Å². The summed E-state index contributed by atoms with van der Waals surface area (Å²) in [6.07, 6.45) is 1.68. The number of nitrogens with zero attached hydrogens (tertiary/aromatic N) is 2. The van der Waals surface area contributed by atoms with E-state index in [0.29, 0.717) is 19.8 Å². The van der Waals surface area contributed by atoms with E-state index < -0.39 is 0 Å². The molecular formula is C17H25N3O3S. The SMILES string of the molecule is COCCCn1c(SCCCOc2cc(C)ccc2C)n[nH]c1=O. The number of aryl methyl sites for hydroxylation is 2. The van der Waals surface area contributed by atoms with Gasteiger partial charge in [-0.25, -0.2) is 9.89 Å². The summed E-state index contributed by atoms with van der Waals surface area (Å²) in [7, 11) is 1.66. The molecule has 1 heterocycles. The maximum Gasteiger partial charge on any atom is 0.343 e. The Bertz CT molecular complexity index is 697. The molecule has 0 radical (unpaired) electrons. The van der Waals surface area contributed by atoms with Crippen LogP contribution in [0.5, 0.6) is 5.75 Å². The van der Waals surface area contributed by atoms with Crippen molar-refractivity contribution in [2.24, 2.45) is 0 Å². The highest BCUT2D eigenvalue weighted by atomic mass is 32.2. The fraction of sp³-hybridized carbons (Fsp3) is 0.529. The van der Waals surface area contributed by atoms with Gasteiger partial charge < -0.3 is 9.47 Å². The van der Waals surface area contributed by atoms with Crippen molar-refractivity contribution < 1.29 is 9.47 Å². The van der Waals surface area contributed by atoms with Crippen molar-refractivity contribution in [3.63, 3.8) is 0 Å². The van der Waals surface area contributed by atoms with Crippen LogP contribution < -0.4 is 10.4 Å². The molecule has 2 rings (SSSR count). The number of nitrogens with one attached hydrogen (secondary N) is 1. The summed E-state index contributed by atoms with van der Waals surface area (Å²) in [4.78, 5) is 11.7. The number of rotatable bonds is 10. The lowest BCUT2D eigenvalue weighted by Gasteiger charge is -2.10. The molecule has 1 N–H and O–H groups in total. The van der Waals surface area contributed by atoms with Gasteiger partial charge in [0.15, 0.2) is 5.16 Å². The molecule has 0 unspecified atom stereocenters. The van der Waals surface area contributed by atoms with Crippen LogP contribution in [0.25, 0.3) is 0 Å². The third kappa shape index (κ3) is 5.42. The average Bonchev–Trinajstić information content (AvgIpc) is 2.91. The van der Waals surface area contributed by atoms with Crippen molar-refractivity contribution >= 4 is 11.8 Å². The van der Waals surface area contributed by atoms with Crippen LogP contribution in [0.15, 0.2) is 28.2 Å². The summed E-state index contributed by atoms with van der Waals surface area (Å²) >= 11 is 1.57. The number of aromatic amines is 1. The highest BCUT2D eigenvalue weighted by Gasteiger charge is 2.08. The lowest BCUT2D eigenvalue weighted by atomic mass is 10.1. The smallest absolute Gasteiger partial charge is 0.343 e. The molecule has 0 aliphatic heterocycles. The van der Waals surface area contributed by atoms with E-state index in [-0.39, 0.29) is 5.69 Å². The number of hydrogen-bond acceptors (Lipinski definition) is 5. The standard InChI is InChI=1S/C17H25N3O3S/c1-13-6-7-14(2)15(12-13)23-10-5-11-24-17-19-18-16(21)20(17)8-4-9-22-3/h6-7,12H,4-5,8-11H2,1-3H3,(H,18,21). The molecule has 6 nitrogen and oxygen atoms in total. The second kappa shape index (κ2) is 9.54. The van der Waals surface area contributed by atoms with E-state index in [2.05, 4.69) is 35.3 Å². The quantitative estimate of drug-likeness (QED) is 0.526. The van der Waals surface area contributed by atoms with Crippen molar-refractivity contribution in [2.75, 3.05) is 26.1 Å². The second-order valence-corrected chi connectivity index (χ2v) is 6.69. The van der Waals surface area contributed by atoms with E-state index in [1.807, 2.05) is 6.92 Å². The number of hydrogen-bond donors (Lipinski definition) is 1. The van der Waals surface area contributed by atoms with E-state index in [4.69, 9.17) is 9.47 Å². The highest BCUT2D eigenvalue weighted by molar-refractivity contribution is 7.99. The van der Waals surface area contributed by atoms with Crippen LogP contribution in [0.1, 0.15) is 24.0 Å². The molecule has 0 atom stereocenters. The average molecular weight is 351 g/mol. The number of thioether (sulfide) groups is 1. The highest BCUT2D eigenvalue weighted by Crippen LogP contribution is 2.20. The topological polar surface area (TPSA) is 69.1 Å². The summed E-state index contributed by atoms with van der Waals surface area (Å²) in [6.45, 7) is 6.00. The Balaban J connectivity index is 1.76. The van der Waals surface area contributed by atoms with E-state index in [9.17, 15) is 4.79 Å². The van der Waals surface area contributed by atoms with Crippen molar-refractivity contribution in [1.82, 2.24) is 14.8 Å². The van der Waals surface area contributed by atoms with Gasteiger partial charge in [0.05, 0.1) is 6.61 Å². The Morgan fingerprint density at radius 3 is 2.88 bits per heavy atom. The van der Waals surface area contributed by atoms with Crippen LogP contribution in [-0.2, 0) is 11.3 Å². The molecule has 0 spiro atoms. The molecule has 0 saturated heterocycles. The minimum Gasteiger partial charge on any atom is -0.493 e. The van der Waals surface area contributed by atoms with Gasteiger partial charge in [0.25, 0.3) is 0 Å². The van der Waals surface area contributed by atoms with Crippen LogP contribution in [0.3, 0.4) is 0 Å².